The van der Waals surface area contributed by atoms with Gasteiger partial charge in [-0.1, -0.05) is 6.07 Å². The first-order chi connectivity index (χ1) is 8.27. The molecule has 1 aromatic rings. The standard InChI is InChI=1S/C13H17BN2O2.ClH/c1-12(2)13(3,4)18-14(17-12)10-6-5-9(8-15)7-11(10)16;/h5-7H,16H2,1-4H3;1H. The smallest absolute Gasteiger partial charge is 0.399 e. The maximum Gasteiger partial charge on any atom is 0.496 e. The fourth-order valence-electron chi connectivity index (χ4n) is 1.83. The van der Waals surface area contributed by atoms with Crippen LogP contribution < -0.4 is 11.2 Å². The Morgan fingerprint density at radius 1 is 1.16 bits per heavy atom. The predicted molar refractivity (Wildman–Crippen MR) is 78.5 cm³/mol. The summed E-state index contributed by atoms with van der Waals surface area (Å²) in [4.78, 5) is 0. The van der Waals surface area contributed by atoms with Gasteiger partial charge < -0.3 is 15.0 Å². The molecule has 1 aliphatic rings. The number of nitrogens with two attached hydrogens (primary N) is 1. The van der Waals surface area contributed by atoms with Crippen LogP contribution in [0.15, 0.2) is 18.2 Å². The highest BCUT2D eigenvalue weighted by Crippen LogP contribution is 2.36. The first kappa shape index (κ1) is 15.8. The van der Waals surface area contributed by atoms with Crippen LogP contribution in [0.4, 0.5) is 5.69 Å². The van der Waals surface area contributed by atoms with Gasteiger partial charge >= 0.3 is 7.12 Å². The van der Waals surface area contributed by atoms with E-state index in [-0.39, 0.29) is 12.4 Å². The maximum absolute atomic E-state index is 8.82. The van der Waals surface area contributed by atoms with Gasteiger partial charge in [0.1, 0.15) is 0 Å². The number of nitrogen functional groups attached to an aromatic ring is 1. The quantitative estimate of drug-likeness (QED) is 0.630. The summed E-state index contributed by atoms with van der Waals surface area (Å²) in [7, 11) is -0.484. The molecule has 0 bridgehead atoms. The highest BCUT2D eigenvalue weighted by Gasteiger charge is 2.52. The number of benzene rings is 1. The number of nitriles is 1. The summed E-state index contributed by atoms with van der Waals surface area (Å²) >= 11 is 0. The summed E-state index contributed by atoms with van der Waals surface area (Å²) in [6.07, 6.45) is 0. The Kier molecular flexibility index (Phi) is 4.21. The summed E-state index contributed by atoms with van der Waals surface area (Å²) in [5, 5.41) is 8.82. The van der Waals surface area contributed by atoms with Crippen LogP contribution in [-0.4, -0.2) is 18.3 Å². The molecule has 0 atom stereocenters. The molecule has 2 N–H and O–H groups in total. The average molecular weight is 281 g/mol. The van der Waals surface area contributed by atoms with Crippen molar-refractivity contribution in [2.24, 2.45) is 0 Å². The lowest BCUT2D eigenvalue weighted by molar-refractivity contribution is 0.00578. The zero-order valence-corrected chi connectivity index (χ0v) is 12.4. The first-order valence-corrected chi connectivity index (χ1v) is 5.92. The SMILES string of the molecule is CC1(C)OB(c2ccc(C#N)cc2N)OC1(C)C.Cl. The second kappa shape index (κ2) is 5.05. The van der Waals surface area contributed by atoms with Crippen molar-refractivity contribution < 1.29 is 9.31 Å². The Morgan fingerprint density at radius 2 is 1.68 bits per heavy atom. The van der Waals surface area contributed by atoms with Crippen LogP contribution in [0.3, 0.4) is 0 Å². The van der Waals surface area contributed by atoms with Crippen molar-refractivity contribution in [3.8, 4) is 6.07 Å². The van der Waals surface area contributed by atoms with Crippen molar-refractivity contribution in [2.45, 2.75) is 38.9 Å². The second-order valence-corrected chi connectivity index (χ2v) is 5.54. The van der Waals surface area contributed by atoms with Gasteiger partial charge in [-0.25, -0.2) is 0 Å². The number of hydrogen-bond acceptors (Lipinski definition) is 4. The van der Waals surface area contributed by atoms with Crippen LogP contribution in [0.2, 0.25) is 0 Å². The molecule has 2 rings (SSSR count). The van der Waals surface area contributed by atoms with Gasteiger partial charge in [0.05, 0.1) is 22.8 Å². The third kappa shape index (κ3) is 2.71. The van der Waals surface area contributed by atoms with E-state index < -0.39 is 18.3 Å². The van der Waals surface area contributed by atoms with Crippen LogP contribution in [0.5, 0.6) is 0 Å². The minimum Gasteiger partial charge on any atom is -0.399 e. The van der Waals surface area contributed by atoms with E-state index in [0.29, 0.717) is 11.3 Å². The lowest BCUT2D eigenvalue weighted by Crippen LogP contribution is -2.41. The summed E-state index contributed by atoms with van der Waals surface area (Å²) < 4.78 is 11.8. The second-order valence-electron chi connectivity index (χ2n) is 5.54. The van der Waals surface area contributed by atoms with Crippen LogP contribution in [-0.2, 0) is 9.31 Å². The third-order valence-electron chi connectivity index (χ3n) is 3.72. The van der Waals surface area contributed by atoms with Crippen molar-refractivity contribution in [3.63, 3.8) is 0 Å². The van der Waals surface area contributed by atoms with Crippen molar-refractivity contribution in [3.05, 3.63) is 23.8 Å². The fourth-order valence-corrected chi connectivity index (χ4v) is 1.83. The predicted octanol–water partition coefficient (Wildman–Crippen LogP) is 1.86. The third-order valence-corrected chi connectivity index (χ3v) is 3.72. The van der Waals surface area contributed by atoms with E-state index in [1.54, 1.807) is 18.2 Å². The number of halogens is 1. The van der Waals surface area contributed by atoms with Crippen LogP contribution >= 0.6 is 12.4 Å². The molecule has 0 radical (unpaired) electrons. The molecule has 0 spiro atoms. The first-order valence-electron chi connectivity index (χ1n) is 5.92. The fraction of sp³-hybridized carbons (Fsp3) is 0.462. The monoisotopic (exact) mass is 280 g/mol. The number of anilines is 1. The summed E-state index contributed by atoms with van der Waals surface area (Å²) in [6.45, 7) is 7.97. The maximum atomic E-state index is 8.82. The summed E-state index contributed by atoms with van der Waals surface area (Å²) in [5.41, 5.74) is 6.99. The largest absolute Gasteiger partial charge is 0.496 e. The van der Waals surface area contributed by atoms with Crippen LogP contribution in [0, 0.1) is 11.3 Å². The van der Waals surface area contributed by atoms with E-state index in [1.807, 2.05) is 27.7 Å². The van der Waals surface area contributed by atoms with Gasteiger partial charge in [-0.15, -0.1) is 12.4 Å². The molecule has 102 valence electrons. The van der Waals surface area contributed by atoms with Crippen LogP contribution in [0.1, 0.15) is 33.3 Å². The van der Waals surface area contributed by atoms with E-state index in [1.165, 1.54) is 0 Å². The van der Waals surface area contributed by atoms with Crippen molar-refractivity contribution in [1.29, 1.82) is 5.26 Å². The highest BCUT2D eigenvalue weighted by molar-refractivity contribution is 6.63. The molecule has 0 aromatic heterocycles. The molecule has 4 nitrogen and oxygen atoms in total. The molecule has 1 fully saturated rings. The Balaban J connectivity index is 0.00000180. The van der Waals surface area contributed by atoms with E-state index in [2.05, 4.69) is 6.07 Å². The average Bonchev–Trinajstić information content (AvgIpc) is 2.47. The Hall–Kier alpha value is -1.22. The normalized spacial score (nSPS) is 19.6. The van der Waals surface area contributed by atoms with Gasteiger partial charge in [0.2, 0.25) is 0 Å². The molecule has 6 heteroatoms. The van der Waals surface area contributed by atoms with Gasteiger partial charge in [0.25, 0.3) is 0 Å². The summed E-state index contributed by atoms with van der Waals surface area (Å²) in [6, 6.07) is 7.20. The van der Waals surface area contributed by atoms with Gasteiger partial charge in [-0.05, 0) is 39.8 Å². The van der Waals surface area contributed by atoms with Gasteiger partial charge in [0, 0.05) is 11.2 Å². The lowest BCUT2D eigenvalue weighted by atomic mass is 9.77. The zero-order valence-electron chi connectivity index (χ0n) is 11.6. The van der Waals surface area contributed by atoms with E-state index in [9.17, 15) is 0 Å². The number of hydrogen-bond donors (Lipinski definition) is 1. The number of nitrogens with zero attached hydrogens (tertiary/aromatic N) is 1. The topological polar surface area (TPSA) is 68.3 Å². The minimum atomic E-state index is -0.484. The molecule has 0 unspecified atom stereocenters. The van der Waals surface area contributed by atoms with Crippen molar-refractivity contribution in [1.82, 2.24) is 0 Å². The van der Waals surface area contributed by atoms with Gasteiger partial charge in [-0.3, -0.25) is 0 Å². The van der Waals surface area contributed by atoms with E-state index in [0.717, 1.165) is 5.46 Å². The molecule has 0 saturated carbocycles. The molecule has 1 heterocycles. The lowest BCUT2D eigenvalue weighted by Gasteiger charge is -2.32. The van der Waals surface area contributed by atoms with Crippen molar-refractivity contribution >= 4 is 30.7 Å². The van der Waals surface area contributed by atoms with E-state index in [4.69, 9.17) is 20.3 Å². The summed E-state index contributed by atoms with van der Waals surface area (Å²) in [5.74, 6) is 0. The molecule has 0 amide bonds. The Morgan fingerprint density at radius 3 is 2.11 bits per heavy atom. The molecule has 1 aliphatic heterocycles. The van der Waals surface area contributed by atoms with Crippen LogP contribution in [0.25, 0.3) is 0 Å². The highest BCUT2D eigenvalue weighted by atomic mass is 35.5. The molecule has 19 heavy (non-hydrogen) atoms. The Labute approximate surface area is 120 Å². The van der Waals surface area contributed by atoms with Crippen molar-refractivity contribution in [2.75, 3.05) is 5.73 Å². The molecular weight excluding hydrogens is 262 g/mol. The van der Waals surface area contributed by atoms with E-state index >= 15 is 0 Å². The molecule has 1 saturated heterocycles. The molecule has 0 aliphatic carbocycles. The molecule has 1 aromatic carbocycles. The van der Waals surface area contributed by atoms with Gasteiger partial charge in [-0.2, -0.15) is 5.26 Å². The number of rotatable bonds is 1. The minimum absolute atomic E-state index is 0. The van der Waals surface area contributed by atoms with Gasteiger partial charge in [0.15, 0.2) is 0 Å². The Bertz CT molecular complexity index is 510. The molecular formula is C13H18BClN2O2. The zero-order chi connectivity index (χ0) is 13.6.